The molecule has 158 valence electrons. The second kappa shape index (κ2) is 8.57. The van der Waals surface area contributed by atoms with Crippen LogP contribution in [0, 0.1) is 6.92 Å². The predicted molar refractivity (Wildman–Crippen MR) is 129 cm³/mol. The number of amides is 1. The SMILES string of the molecule is Cc1nn(-c2ccc(Br)cc2)c2sc(C(=O)N3CCN(Cc4ccccc4)CC3)cc12. The fourth-order valence-electron chi connectivity index (χ4n) is 4.02. The van der Waals surface area contributed by atoms with Crippen LogP contribution >= 0.6 is 27.3 Å². The molecule has 0 saturated carbocycles. The highest BCUT2D eigenvalue weighted by atomic mass is 79.9. The Hall–Kier alpha value is -2.48. The van der Waals surface area contributed by atoms with Crippen molar-refractivity contribution in [1.29, 1.82) is 0 Å². The first kappa shape index (κ1) is 20.4. The molecule has 1 aliphatic rings. The number of halogens is 1. The first-order valence-electron chi connectivity index (χ1n) is 10.4. The molecule has 0 N–H and O–H groups in total. The van der Waals surface area contributed by atoms with Crippen molar-refractivity contribution in [3.63, 3.8) is 0 Å². The normalized spacial score (nSPS) is 15.0. The maximum Gasteiger partial charge on any atom is 0.264 e. The van der Waals surface area contributed by atoms with E-state index in [1.165, 1.54) is 16.9 Å². The maximum atomic E-state index is 13.2. The van der Waals surface area contributed by atoms with E-state index in [1.807, 2.05) is 52.9 Å². The van der Waals surface area contributed by atoms with Gasteiger partial charge >= 0.3 is 0 Å². The molecule has 31 heavy (non-hydrogen) atoms. The molecule has 0 unspecified atom stereocenters. The number of aromatic nitrogens is 2. The standard InChI is InChI=1S/C24H23BrN4OS/c1-17-21-15-22(31-24(21)29(26-17)20-9-7-19(25)8-10-20)23(30)28-13-11-27(12-14-28)16-18-5-3-2-4-6-18/h2-10,15H,11-14,16H2,1H3. The van der Waals surface area contributed by atoms with Crippen molar-refractivity contribution in [3.8, 4) is 5.69 Å². The minimum atomic E-state index is 0.127. The van der Waals surface area contributed by atoms with Crippen LogP contribution in [-0.4, -0.2) is 51.7 Å². The van der Waals surface area contributed by atoms with Crippen molar-refractivity contribution in [3.05, 3.63) is 81.3 Å². The number of benzene rings is 2. The van der Waals surface area contributed by atoms with Gasteiger partial charge in [-0.3, -0.25) is 9.69 Å². The van der Waals surface area contributed by atoms with Gasteiger partial charge in [-0.05, 0) is 42.8 Å². The van der Waals surface area contributed by atoms with Crippen LogP contribution in [0.3, 0.4) is 0 Å². The number of rotatable bonds is 4. The number of thiophene rings is 1. The van der Waals surface area contributed by atoms with E-state index < -0.39 is 0 Å². The van der Waals surface area contributed by atoms with Crippen molar-refractivity contribution >= 4 is 43.4 Å². The first-order chi connectivity index (χ1) is 15.1. The minimum Gasteiger partial charge on any atom is -0.335 e. The third-order valence-electron chi connectivity index (χ3n) is 5.74. The Morgan fingerprint density at radius 2 is 1.74 bits per heavy atom. The summed E-state index contributed by atoms with van der Waals surface area (Å²) in [6, 6.07) is 20.6. The molecule has 1 fully saturated rings. The average Bonchev–Trinajstić information content (AvgIpc) is 3.36. The molecule has 3 heterocycles. The lowest BCUT2D eigenvalue weighted by Gasteiger charge is -2.34. The molecular weight excluding hydrogens is 472 g/mol. The second-order valence-electron chi connectivity index (χ2n) is 7.86. The van der Waals surface area contributed by atoms with Gasteiger partial charge in [0.1, 0.15) is 4.83 Å². The summed E-state index contributed by atoms with van der Waals surface area (Å²) in [5.41, 5.74) is 3.26. The van der Waals surface area contributed by atoms with Gasteiger partial charge in [0.15, 0.2) is 0 Å². The van der Waals surface area contributed by atoms with Crippen LogP contribution in [0.1, 0.15) is 20.9 Å². The lowest BCUT2D eigenvalue weighted by Crippen LogP contribution is -2.48. The van der Waals surface area contributed by atoms with Crippen LogP contribution < -0.4 is 0 Å². The van der Waals surface area contributed by atoms with Crippen LogP contribution in [0.2, 0.25) is 0 Å². The van der Waals surface area contributed by atoms with Gasteiger partial charge in [-0.15, -0.1) is 11.3 Å². The number of hydrogen-bond donors (Lipinski definition) is 0. The molecule has 0 spiro atoms. The fraction of sp³-hybridized carbons (Fsp3) is 0.250. The van der Waals surface area contributed by atoms with Crippen molar-refractivity contribution < 1.29 is 4.79 Å². The lowest BCUT2D eigenvalue weighted by atomic mass is 10.2. The summed E-state index contributed by atoms with van der Waals surface area (Å²) >= 11 is 5.01. The summed E-state index contributed by atoms with van der Waals surface area (Å²) in [6.45, 7) is 6.26. The number of carbonyl (C=O) groups is 1. The zero-order chi connectivity index (χ0) is 21.4. The maximum absolute atomic E-state index is 13.2. The Labute approximate surface area is 194 Å². The van der Waals surface area contributed by atoms with Gasteiger partial charge < -0.3 is 4.90 Å². The van der Waals surface area contributed by atoms with Crippen LogP contribution in [0.5, 0.6) is 0 Å². The number of piperazine rings is 1. The van der Waals surface area contributed by atoms with Crippen LogP contribution in [-0.2, 0) is 6.54 Å². The number of fused-ring (bicyclic) bond motifs is 1. The van der Waals surface area contributed by atoms with Gasteiger partial charge in [0, 0.05) is 42.6 Å². The van der Waals surface area contributed by atoms with Crippen molar-refractivity contribution in [1.82, 2.24) is 19.6 Å². The Morgan fingerprint density at radius 3 is 2.45 bits per heavy atom. The van der Waals surface area contributed by atoms with Gasteiger partial charge in [-0.25, -0.2) is 4.68 Å². The van der Waals surface area contributed by atoms with E-state index in [0.717, 1.165) is 63.7 Å². The number of carbonyl (C=O) groups excluding carboxylic acids is 1. The number of nitrogens with zero attached hydrogens (tertiary/aromatic N) is 4. The van der Waals surface area contributed by atoms with Gasteiger partial charge in [-0.2, -0.15) is 5.10 Å². The van der Waals surface area contributed by atoms with E-state index in [1.54, 1.807) is 0 Å². The molecule has 2 aromatic carbocycles. The van der Waals surface area contributed by atoms with Crippen molar-refractivity contribution in [2.24, 2.45) is 0 Å². The van der Waals surface area contributed by atoms with E-state index >= 15 is 0 Å². The first-order valence-corrected chi connectivity index (χ1v) is 12.0. The Morgan fingerprint density at radius 1 is 1.03 bits per heavy atom. The summed E-state index contributed by atoms with van der Waals surface area (Å²) in [5, 5.41) is 5.75. The molecule has 4 aromatic rings. The largest absolute Gasteiger partial charge is 0.335 e. The summed E-state index contributed by atoms with van der Waals surface area (Å²) in [7, 11) is 0. The monoisotopic (exact) mass is 494 g/mol. The van der Waals surface area contributed by atoms with E-state index in [0.29, 0.717) is 0 Å². The molecular formula is C24H23BrN4OS. The smallest absolute Gasteiger partial charge is 0.264 e. The topological polar surface area (TPSA) is 41.4 Å². The molecule has 5 nitrogen and oxygen atoms in total. The quantitative estimate of drug-likeness (QED) is 0.395. The van der Waals surface area contributed by atoms with Gasteiger partial charge in [0.25, 0.3) is 5.91 Å². The van der Waals surface area contributed by atoms with Gasteiger partial charge in [0.2, 0.25) is 0 Å². The molecule has 7 heteroatoms. The van der Waals surface area contributed by atoms with Crippen LogP contribution in [0.4, 0.5) is 0 Å². The molecule has 2 aromatic heterocycles. The van der Waals surface area contributed by atoms with Crippen LogP contribution in [0.15, 0.2) is 65.1 Å². The number of hydrogen-bond acceptors (Lipinski definition) is 4. The highest BCUT2D eigenvalue weighted by Gasteiger charge is 2.25. The molecule has 0 bridgehead atoms. The Kier molecular flexibility index (Phi) is 5.65. The highest BCUT2D eigenvalue weighted by molar-refractivity contribution is 9.10. The number of aryl methyl sites for hydroxylation is 1. The molecule has 1 saturated heterocycles. The fourth-order valence-corrected chi connectivity index (χ4v) is 5.43. The van der Waals surface area contributed by atoms with E-state index in [-0.39, 0.29) is 5.91 Å². The minimum absolute atomic E-state index is 0.127. The zero-order valence-corrected chi connectivity index (χ0v) is 19.7. The molecule has 0 atom stereocenters. The molecule has 1 amide bonds. The summed E-state index contributed by atoms with van der Waals surface area (Å²) in [4.78, 5) is 19.4. The lowest BCUT2D eigenvalue weighted by molar-refractivity contribution is 0.0633. The molecule has 1 aliphatic heterocycles. The predicted octanol–water partition coefficient (Wildman–Crippen LogP) is 5.12. The summed E-state index contributed by atoms with van der Waals surface area (Å²) < 4.78 is 2.97. The Balaban J connectivity index is 1.31. The highest BCUT2D eigenvalue weighted by Crippen LogP contribution is 2.31. The van der Waals surface area contributed by atoms with E-state index in [4.69, 9.17) is 5.10 Å². The zero-order valence-electron chi connectivity index (χ0n) is 17.3. The third-order valence-corrected chi connectivity index (χ3v) is 7.36. The van der Waals surface area contributed by atoms with Crippen molar-refractivity contribution in [2.75, 3.05) is 26.2 Å². The molecule has 5 rings (SSSR count). The second-order valence-corrected chi connectivity index (χ2v) is 9.80. The molecule has 0 aliphatic carbocycles. The van der Waals surface area contributed by atoms with Gasteiger partial charge in [0.05, 0.1) is 16.3 Å². The van der Waals surface area contributed by atoms with Gasteiger partial charge in [-0.1, -0.05) is 46.3 Å². The molecule has 0 radical (unpaired) electrons. The summed E-state index contributed by atoms with van der Waals surface area (Å²) in [5.74, 6) is 0.127. The van der Waals surface area contributed by atoms with Crippen molar-refractivity contribution in [2.45, 2.75) is 13.5 Å². The Bertz CT molecular complexity index is 1210. The van der Waals surface area contributed by atoms with Crippen LogP contribution in [0.25, 0.3) is 15.9 Å². The van der Waals surface area contributed by atoms with E-state index in [9.17, 15) is 4.79 Å². The summed E-state index contributed by atoms with van der Waals surface area (Å²) in [6.07, 6.45) is 0. The van der Waals surface area contributed by atoms with E-state index in [2.05, 4.69) is 45.1 Å². The average molecular weight is 495 g/mol. The third kappa shape index (κ3) is 4.18.